The molecule has 2 aliphatic rings. The first kappa shape index (κ1) is 15.7. The van der Waals surface area contributed by atoms with Crippen LogP contribution in [0.3, 0.4) is 0 Å². The number of para-hydroxylation sites is 1. The lowest BCUT2D eigenvalue weighted by Gasteiger charge is -2.24. The molecule has 1 fully saturated rings. The van der Waals surface area contributed by atoms with Crippen molar-refractivity contribution in [2.75, 3.05) is 11.4 Å². The minimum absolute atomic E-state index is 0.0391. The van der Waals surface area contributed by atoms with Crippen LogP contribution >= 0.6 is 0 Å². The number of H-pyrrole nitrogens is 1. The number of nitrogens with zero attached hydrogens (tertiary/aromatic N) is 2. The fourth-order valence-electron chi connectivity index (χ4n) is 3.61. The topological polar surface area (TPSA) is 90.1 Å². The van der Waals surface area contributed by atoms with Gasteiger partial charge in [-0.3, -0.25) is 9.89 Å². The molecule has 4 rings (SSSR count). The van der Waals surface area contributed by atoms with Crippen LogP contribution in [0.1, 0.15) is 24.1 Å². The fourth-order valence-corrected chi connectivity index (χ4v) is 3.61. The summed E-state index contributed by atoms with van der Waals surface area (Å²) in [5.41, 5.74) is 3.21. The van der Waals surface area contributed by atoms with E-state index in [0.29, 0.717) is 13.0 Å². The maximum absolute atomic E-state index is 12.3. The number of rotatable bonds is 3. The standard InChI is InChI=1S/C18H21N5O2/c24-17-9-14(11-23(17)15-4-2-1-3-5-15)21-18(25)20-13-6-7-16-12(8-13)10-19-22-16/h1-5,10,13-14H,6-9,11H2,(H,19,22)(H2,20,21,25)/t13-,14-/m1/s1. The van der Waals surface area contributed by atoms with Crippen molar-refractivity contribution in [3.63, 3.8) is 0 Å². The van der Waals surface area contributed by atoms with Gasteiger partial charge in [-0.1, -0.05) is 18.2 Å². The smallest absolute Gasteiger partial charge is 0.315 e. The maximum atomic E-state index is 12.3. The van der Waals surface area contributed by atoms with Gasteiger partial charge in [-0.15, -0.1) is 0 Å². The molecular weight excluding hydrogens is 318 g/mol. The van der Waals surface area contributed by atoms with E-state index in [4.69, 9.17) is 0 Å². The minimum atomic E-state index is -0.204. The molecule has 2 aromatic rings. The zero-order chi connectivity index (χ0) is 17.2. The summed E-state index contributed by atoms with van der Waals surface area (Å²) in [6, 6.07) is 9.28. The molecule has 0 unspecified atom stereocenters. The summed E-state index contributed by atoms with van der Waals surface area (Å²) >= 11 is 0. The van der Waals surface area contributed by atoms with Gasteiger partial charge in [-0.25, -0.2) is 4.79 Å². The van der Waals surface area contributed by atoms with Crippen molar-refractivity contribution < 1.29 is 9.59 Å². The summed E-state index contributed by atoms with van der Waals surface area (Å²) in [6.45, 7) is 0.507. The fraction of sp³-hybridized carbons (Fsp3) is 0.389. The molecule has 0 spiro atoms. The van der Waals surface area contributed by atoms with Crippen LogP contribution in [0.2, 0.25) is 0 Å². The van der Waals surface area contributed by atoms with E-state index >= 15 is 0 Å². The van der Waals surface area contributed by atoms with E-state index in [-0.39, 0.29) is 24.0 Å². The molecule has 1 aliphatic carbocycles. The van der Waals surface area contributed by atoms with Crippen LogP contribution in [0.15, 0.2) is 36.5 Å². The quantitative estimate of drug-likeness (QED) is 0.789. The molecule has 1 aromatic carbocycles. The lowest BCUT2D eigenvalue weighted by molar-refractivity contribution is -0.117. The Morgan fingerprint density at radius 3 is 2.80 bits per heavy atom. The number of benzene rings is 1. The van der Waals surface area contributed by atoms with E-state index in [2.05, 4.69) is 20.8 Å². The van der Waals surface area contributed by atoms with Crippen molar-refractivity contribution in [2.45, 2.75) is 37.8 Å². The van der Waals surface area contributed by atoms with Crippen LogP contribution in [0.25, 0.3) is 0 Å². The molecular formula is C18H21N5O2. The molecule has 7 heteroatoms. The minimum Gasteiger partial charge on any atom is -0.335 e. The first-order valence-corrected chi connectivity index (χ1v) is 8.62. The number of aromatic amines is 1. The zero-order valence-corrected chi connectivity index (χ0v) is 13.9. The van der Waals surface area contributed by atoms with Crippen LogP contribution in [-0.4, -0.2) is 40.8 Å². The van der Waals surface area contributed by atoms with Crippen LogP contribution in [-0.2, 0) is 17.6 Å². The van der Waals surface area contributed by atoms with Crippen LogP contribution in [0.4, 0.5) is 10.5 Å². The van der Waals surface area contributed by atoms with E-state index < -0.39 is 0 Å². The van der Waals surface area contributed by atoms with Crippen molar-refractivity contribution in [1.82, 2.24) is 20.8 Å². The lowest BCUT2D eigenvalue weighted by Crippen LogP contribution is -2.48. The highest BCUT2D eigenvalue weighted by atomic mass is 16.2. The third-order valence-corrected chi connectivity index (χ3v) is 4.88. The number of fused-ring (bicyclic) bond motifs is 1. The number of hydrogen-bond acceptors (Lipinski definition) is 3. The number of anilines is 1. The Labute approximate surface area is 145 Å². The number of aromatic nitrogens is 2. The number of nitrogens with one attached hydrogen (secondary N) is 3. The largest absolute Gasteiger partial charge is 0.335 e. The van der Waals surface area contributed by atoms with Gasteiger partial charge in [0, 0.05) is 30.4 Å². The highest BCUT2D eigenvalue weighted by Gasteiger charge is 2.32. The molecule has 0 radical (unpaired) electrons. The molecule has 25 heavy (non-hydrogen) atoms. The number of hydrogen-bond donors (Lipinski definition) is 3. The summed E-state index contributed by atoms with van der Waals surface area (Å²) in [5.74, 6) is 0.0391. The van der Waals surface area contributed by atoms with Gasteiger partial charge in [-0.05, 0) is 37.0 Å². The van der Waals surface area contributed by atoms with E-state index in [1.54, 1.807) is 4.90 Å². The molecule has 2 heterocycles. The average Bonchev–Trinajstić information content (AvgIpc) is 3.21. The van der Waals surface area contributed by atoms with E-state index in [1.807, 2.05) is 36.5 Å². The Kier molecular flexibility index (Phi) is 4.13. The second-order valence-electron chi connectivity index (χ2n) is 6.67. The van der Waals surface area contributed by atoms with Crippen LogP contribution in [0, 0.1) is 0 Å². The van der Waals surface area contributed by atoms with Crippen LogP contribution in [0.5, 0.6) is 0 Å². The van der Waals surface area contributed by atoms with Gasteiger partial charge < -0.3 is 15.5 Å². The normalized spacial score (nSPS) is 22.6. The van der Waals surface area contributed by atoms with E-state index in [0.717, 1.165) is 24.9 Å². The number of aryl methyl sites for hydroxylation is 1. The van der Waals surface area contributed by atoms with Crippen LogP contribution < -0.4 is 15.5 Å². The second-order valence-corrected chi connectivity index (χ2v) is 6.67. The summed E-state index contributed by atoms with van der Waals surface area (Å²) in [5, 5.41) is 13.0. The summed E-state index contributed by atoms with van der Waals surface area (Å²) in [6.07, 6.45) is 4.73. The van der Waals surface area contributed by atoms with E-state index in [1.165, 1.54) is 11.3 Å². The van der Waals surface area contributed by atoms with Gasteiger partial charge in [0.2, 0.25) is 5.91 Å². The summed E-state index contributed by atoms with van der Waals surface area (Å²) in [4.78, 5) is 26.2. The third-order valence-electron chi connectivity index (χ3n) is 4.88. The molecule has 2 atom stereocenters. The van der Waals surface area contributed by atoms with Gasteiger partial charge in [0.1, 0.15) is 0 Å². The van der Waals surface area contributed by atoms with E-state index in [9.17, 15) is 9.59 Å². The SMILES string of the molecule is O=C(N[C@@H]1CCc2[nH]ncc2C1)N[C@@H]1CC(=O)N(c2ccccc2)C1. The molecule has 0 saturated carbocycles. The predicted molar refractivity (Wildman–Crippen MR) is 93.3 cm³/mol. The molecule has 3 amide bonds. The van der Waals surface area contributed by atoms with Crippen molar-refractivity contribution in [3.05, 3.63) is 47.8 Å². The third kappa shape index (κ3) is 3.35. The number of urea groups is 1. The summed E-state index contributed by atoms with van der Waals surface area (Å²) in [7, 11) is 0. The Morgan fingerprint density at radius 2 is 1.96 bits per heavy atom. The number of carbonyl (C=O) groups is 2. The lowest BCUT2D eigenvalue weighted by atomic mass is 9.94. The molecule has 0 bridgehead atoms. The Bertz CT molecular complexity index is 773. The zero-order valence-electron chi connectivity index (χ0n) is 13.9. The van der Waals surface area contributed by atoms with Gasteiger partial charge >= 0.3 is 6.03 Å². The van der Waals surface area contributed by atoms with Crippen molar-refractivity contribution >= 4 is 17.6 Å². The second kappa shape index (κ2) is 6.58. The Hall–Kier alpha value is -2.83. The number of carbonyl (C=O) groups excluding carboxylic acids is 2. The maximum Gasteiger partial charge on any atom is 0.315 e. The Balaban J connectivity index is 1.31. The van der Waals surface area contributed by atoms with Gasteiger partial charge in [-0.2, -0.15) is 5.10 Å². The number of amides is 3. The monoisotopic (exact) mass is 339 g/mol. The van der Waals surface area contributed by atoms with Crippen molar-refractivity contribution in [2.24, 2.45) is 0 Å². The first-order valence-electron chi connectivity index (χ1n) is 8.62. The van der Waals surface area contributed by atoms with Gasteiger partial charge in [0.05, 0.1) is 12.2 Å². The van der Waals surface area contributed by atoms with Crippen molar-refractivity contribution in [1.29, 1.82) is 0 Å². The molecule has 7 nitrogen and oxygen atoms in total. The van der Waals surface area contributed by atoms with Crippen molar-refractivity contribution in [3.8, 4) is 0 Å². The molecule has 1 aromatic heterocycles. The first-order chi connectivity index (χ1) is 12.2. The Morgan fingerprint density at radius 1 is 1.16 bits per heavy atom. The molecule has 3 N–H and O–H groups in total. The van der Waals surface area contributed by atoms with Gasteiger partial charge in [0.25, 0.3) is 0 Å². The highest BCUT2D eigenvalue weighted by Crippen LogP contribution is 2.21. The average molecular weight is 339 g/mol. The molecule has 130 valence electrons. The van der Waals surface area contributed by atoms with Gasteiger partial charge in [0.15, 0.2) is 0 Å². The molecule has 1 saturated heterocycles. The molecule has 1 aliphatic heterocycles. The summed E-state index contributed by atoms with van der Waals surface area (Å²) < 4.78 is 0. The predicted octanol–water partition coefficient (Wildman–Crippen LogP) is 1.37. The highest BCUT2D eigenvalue weighted by molar-refractivity contribution is 5.96.